The third kappa shape index (κ3) is 1.57. The molecule has 0 bridgehead atoms. The molecule has 0 radical (unpaired) electrons. The molecular weight excluding hydrogens is 188 g/mol. The van der Waals surface area contributed by atoms with Gasteiger partial charge in [-0.1, -0.05) is 19.1 Å². The van der Waals surface area contributed by atoms with Crippen LogP contribution in [0.15, 0.2) is 18.2 Å². The molecule has 2 aromatic rings. The molecule has 0 saturated carbocycles. The average Bonchev–Trinajstić information content (AvgIpc) is 2.56. The Morgan fingerprint density at radius 2 is 2.20 bits per heavy atom. The third-order valence-corrected chi connectivity index (χ3v) is 2.55. The molecule has 0 saturated heterocycles. The van der Waals surface area contributed by atoms with Crippen LogP contribution in [0.4, 0.5) is 5.95 Å². The van der Waals surface area contributed by atoms with Gasteiger partial charge < -0.3 is 16.0 Å². The van der Waals surface area contributed by atoms with E-state index in [1.807, 2.05) is 22.8 Å². The first kappa shape index (κ1) is 9.98. The first-order chi connectivity index (χ1) is 7.27. The van der Waals surface area contributed by atoms with Gasteiger partial charge in [-0.05, 0) is 18.1 Å². The Bertz CT molecular complexity index is 473. The number of nitrogens with zero attached hydrogens (tertiary/aromatic N) is 2. The van der Waals surface area contributed by atoms with Gasteiger partial charge >= 0.3 is 0 Å². The summed E-state index contributed by atoms with van der Waals surface area (Å²) in [6.07, 6.45) is 1.04. The van der Waals surface area contributed by atoms with Crippen LogP contribution in [0.2, 0.25) is 0 Å². The quantitative estimate of drug-likeness (QED) is 0.795. The highest BCUT2D eigenvalue weighted by molar-refractivity contribution is 5.81. The van der Waals surface area contributed by atoms with Crippen molar-refractivity contribution in [2.45, 2.75) is 26.4 Å². The molecule has 1 aromatic carbocycles. The molecule has 0 atom stereocenters. The van der Waals surface area contributed by atoms with E-state index >= 15 is 0 Å². The van der Waals surface area contributed by atoms with E-state index < -0.39 is 0 Å². The number of benzene rings is 1. The molecule has 2 rings (SSSR count). The van der Waals surface area contributed by atoms with Crippen LogP contribution < -0.4 is 11.5 Å². The molecule has 0 amide bonds. The van der Waals surface area contributed by atoms with Crippen molar-refractivity contribution < 1.29 is 0 Å². The molecule has 4 heteroatoms. The van der Waals surface area contributed by atoms with Crippen LogP contribution in [0.5, 0.6) is 0 Å². The van der Waals surface area contributed by atoms with Crippen molar-refractivity contribution in [1.82, 2.24) is 9.55 Å². The van der Waals surface area contributed by atoms with Crippen LogP contribution >= 0.6 is 0 Å². The van der Waals surface area contributed by atoms with Crippen molar-refractivity contribution in [2.75, 3.05) is 5.73 Å². The monoisotopic (exact) mass is 204 g/mol. The summed E-state index contributed by atoms with van der Waals surface area (Å²) in [4.78, 5) is 4.33. The minimum Gasteiger partial charge on any atom is -0.369 e. The zero-order valence-corrected chi connectivity index (χ0v) is 8.90. The third-order valence-electron chi connectivity index (χ3n) is 2.55. The van der Waals surface area contributed by atoms with Gasteiger partial charge in [0.1, 0.15) is 0 Å². The summed E-state index contributed by atoms with van der Waals surface area (Å²) in [7, 11) is 0. The second-order valence-corrected chi connectivity index (χ2v) is 3.61. The van der Waals surface area contributed by atoms with Crippen LogP contribution in [0.3, 0.4) is 0 Å². The predicted octanol–water partition coefficient (Wildman–Crippen LogP) is 1.49. The lowest BCUT2D eigenvalue weighted by Crippen LogP contribution is -2.05. The molecule has 1 aromatic heterocycles. The van der Waals surface area contributed by atoms with Crippen LogP contribution in [0.25, 0.3) is 11.0 Å². The Morgan fingerprint density at radius 3 is 2.87 bits per heavy atom. The van der Waals surface area contributed by atoms with E-state index in [1.165, 1.54) is 0 Å². The van der Waals surface area contributed by atoms with Gasteiger partial charge in [0.05, 0.1) is 11.0 Å². The Labute approximate surface area is 88.9 Å². The summed E-state index contributed by atoms with van der Waals surface area (Å²) in [5.74, 6) is 0.577. The molecule has 1 heterocycles. The number of anilines is 1. The summed E-state index contributed by atoms with van der Waals surface area (Å²) in [6, 6.07) is 5.96. The average molecular weight is 204 g/mol. The fourth-order valence-corrected chi connectivity index (χ4v) is 1.89. The lowest BCUT2D eigenvalue weighted by molar-refractivity contribution is 0.704. The van der Waals surface area contributed by atoms with Gasteiger partial charge in [0.15, 0.2) is 0 Å². The van der Waals surface area contributed by atoms with E-state index in [1.54, 1.807) is 0 Å². The first-order valence-corrected chi connectivity index (χ1v) is 5.21. The molecule has 0 fully saturated rings. The standard InChI is InChI=1S/C11H16N4/c1-2-6-15-10-8(7-12)4-3-5-9(10)14-11(15)13/h3-5H,2,6-7,12H2,1H3,(H2,13,14). The number of nitrogen functional groups attached to an aromatic ring is 1. The highest BCUT2D eigenvalue weighted by atomic mass is 15.1. The van der Waals surface area contributed by atoms with Crippen LogP contribution in [0, 0.1) is 0 Å². The first-order valence-electron chi connectivity index (χ1n) is 5.21. The number of aromatic nitrogens is 2. The number of fused-ring (bicyclic) bond motifs is 1. The van der Waals surface area contributed by atoms with E-state index in [9.17, 15) is 0 Å². The molecule has 80 valence electrons. The summed E-state index contributed by atoms with van der Waals surface area (Å²) in [5, 5.41) is 0. The zero-order chi connectivity index (χ0) is 10.8. The number of hydrogen-bond donors (Lipinski definition) is 2. The Kier molecular flexibility index (Phi) is 2.60. The van der Waals surface area contributed by atoms with Crippen molar-refractivity contribution in [1.29, 1.82) is 0 Å². The summed E-state index contributed by atoms with van der Waals surface area (Å²) in [6.45, 7) is 3.53. The lowest BCUT2D eigenvalue weighted by Gasteiger charge is -2.06. The molecule has 4 N–H and O–H groups in total. The number of aryl methyl sites for hydroxylation is 1. The minimum absolute atomic E-state index is 0.520. The van der Waals surface area contributed by atoms with E-state index in [0.717, 1.165) is 29.6 Å². The molecule has 4 nitrogen and oxygen atoms in total. The molecule has 0 aliphatic rings. The van der Waals surface area contributed by atoms with Gasteiger partial charge in [0.25, 0.3) is 0 Å². The van der Waals surface area contributed by atoms with E-state index in [2.05, 4.69) is 11.9 Å². The smallest absolute Gasteiger partial charge is 0.201 e. The minimum atomic E-state index is 0.520. The van der Waals surface area contributed by atoms with E-state index in [4.69, 9.17) is 11.5 Å². The fraction of sp³-hybridized carbons (Fsp3) is 0.364. The second kappa shape index (κ2) is 3.90. The maximum absolute atomic E-state index is 5.87. The number of hydrogen-bond acceptors (Lipinski definition) is 3. The van der Waals surface area contributed by atoms with Crippen molar-refractivity contribution in [3.8, 4) is 0 Å². The maximum atomic E-state index is 5.87. The summed E-state index contributed by atoms with van der Waals surface area (Å²) >= 11 is 0. The van der Waals surface area contributed by atoms with Crippen LogP contribution in [-0.2, 0) is 13.1 Å². The Hall–Kier alpha value is -1.55. The molecule has 0 unspecified atom stereocenters. The van der Waals surface area contributed by atoms with Crippen molar-refractivity contribution in [2.24, 2.45) is 5.73 Å². The topological polar surface area (TPSA) is 69.9 Å². The van der Waals surface area contributed by atoms with Gasteiger partial charge in [-0.2, -0.15) is 0 Å². The second-order valence-electron chi connectivity index (χ2n) is 3.61. The summed E-state index contributed by atoms with van der Waals surface area (Å²) in [5.41, 5.74) is 14.7. The highest BCUT2D eigenvalue weighted by Crippen LogP contribution is 2.21. The number of nitrogens with two attached hydrogens (primary N) is 2. The Morgan fingerprint density at radius 1 is 1.40 bits per heavy atom. The maximum Gasteiger partial charge on any atom is 0.201 e. The molecule has 0 aliphatic carbocycles. The SMILES string of the molecule is CCCn1c(N)nc2cccc(CN)c21. The van der Waals surface area contributed by atoms with E-state index in [-0.39, 0.29) is 0 Å². The Balaban J connectivity index is 2.71. The van der Waals surface area contributed by atoms with Crippen molar-refractivity contribution in [3.05, 3.63) is 23.8 Å². The van der Waals surface area contributed by atoms with Crippen LogP contribution in [-0.4, -0.2) is 9.55 Å². The molecule has 0 spiro atoms. The molecular formula is C11H16N4. The van der Waals surface area contributed by atoms with Crippen LogP contribution in [0.1, 0.15) is 18.9 Å². The normalized spacial score (nSPS) is 11.1. The van der Waals surface area contributed by atoms with Crippen molar-refractivity contribution in [3.63, 3.8) is 0 Å². The highest BCUT2D eigenvalue weighted by Gasteiger charge is 2.09. The number of imidazole rings is 1. The molecule has 0 aliphatic heterocycles. The molecule has 15 heavy (non-hydrogen) atoms. The van der Waals surface area contributed by atoms with Gasteiger partial charge in [0, 0.05) is 13.1 Å². The van der Waals surface area contributed by atoms with Gasteiger partial charge in [-0.15, -0.1) is 0 Å². The number of rotatable bonds is 3. The van der Waals surface area contributed by atoms with Gasteiger partial charge in [-0.25, -0.2) is 4.98 Å². The fourth-order valence-electron chi connectivity index (χ4n) is 1.89. The summed E-state index contributed by atoms with van der Waals surface area (Å²) < 4.78 is 2.04. The van der Waals surface area contributed by atoms with Crippen molar-refractivity contribution >= 4 is 17.0 Å². The predicted molar refractivity (Wildman–Crippen MR) is 62.3 cm³/mol. The lowest BCUT2D eigenvalue weighted by atomic mass is 10.2. The van der Waals surface area contributed by atoms with Gasteiger partial charge in [-0.3, -0.25) is 0 Å². The van der Waals surface area contributed by atoms with Gasteiger partial charge in [0.2, 0.25) is 5.95 Å². The largest absolute Gasteiger partial charge is 0.369 e. The van der Waals surface area contributed by atoms with E-state index in [0.29, 0.717) is 12.5 Å². The zero-order valence-electron chi connectivity index (χ0n) is 8.90. The number of para-hydroxylation sites is 1.